The van der Waals surface area contributed by atoms with Crippen molar-refractivity contribution < 1.29 is 19.4 Å². The van der Waals surface area contributed by atoms with Crippen molar-refractivity contribution in [3.63, 3.8) is 0 Å². The highest BCUT2D eigenvalue weighted by Gasteiger charge is 2.28. The van der Waals surface area contributed by atoms with Crippen LogP contribution in [0.15, 0.2) is 10.2 Å². The highest BCUT2D eigenvalue weighted by Crippen LogP contribution is 2.06. The summed E-state index contributed by atoms with van der Waals surface area (Å²) in [6, 6.07) is -0.374. The van der Waals surface area contributed by atoms with Gasteiger partial charge in [0.2, 0.25) is 0 Å². The summed E-state index contributed by atoms with van der Waals surface area (Å²) in [5, 5.41) is 13.1. The van der Waals surface area contributed by atoms with Gasteiger partial charge in [0.1, 0.15) is 0 Å². The highest BCUT2D eigenvalue weighted by atomic mass is 32.1. The summed E-state index contributed by atoms with van der Waals surface area (Å²) in [5.41, 5.74) is 0.617. The summed E-state index contributed by atoms with van der Waals surface area (Å²) < 4.78 is 5.02. The predicted molar refractivity (Wildman–Crippen MR) is 66.1 cm³/mol. The number of hydrogen-bond donors (Lipinski definition) is 3. The average Bonchev–Trinajstić information content (AvgIpc) is 2.82. The van der Waals surface area contributed by atoms with E-state index in [0.29, 0.717) is 12.2 Å². The monoisotopic (exact) mass is 287 g/mol. The molecule has 0 radical (unpaired) electrons. The molecule has 2 rings (SSSR count). The minimum Gasteiger partial charge on any atom is -0.479 e. The summed E-state index contributed by atoms with van der Waals surface area (Å²) >= 11 is 1.02. The number of ether oxygens (including phenoxy) is 1. The lowest BCUT2D eigenvalue weighted by Crippen LogP contribution is -2.51. The first kappa shape index (κ1) is 13.6. The summed E-state index contributed by atoms with van der Waals surface area (Å²) in [4.78, 5) is 37.3. The Kier molecular flexibility index (Phi) is 4.17. The Bertz CT molecular complexity index is 525. The average molecular weight is 287 g/mol. The van der Waals surface area contributed by atoms with Gasteiger partial charge in [0.05, 0.1) is 19.7 Å². The molecule has 2 amide bonds. The number of H-pyrrole nitrogens is 1. The molecule has 19 heavy (non-hydrogen) atoms. The first-order chi connectivity index (χ1) is 9.06. The molecule has 0 saturated carbocycles. The highest BCUT2D eigenvalue weighted by molar-refractivity contribution is 7.07. The van der Waals surface area contributed by atoms with E-state index in [1.807, 2.05) is 0 Å². The van der Waals surface area contributed by atoms with Crippen LogP contribution in [0.3, 0.4) is 0 Å². The molecular formula is C10H13N3O5S. The van der Waals surface area contributed by atoms with E-state index < -0.39 is 12.1 Å². The Hall–Kier alpha value is -1.87. The lowest BCUT2D eigenvalue weighted by atomic mass is 10.3. The molecule has 8 nitrogen and oxygen atoms in total. The fourth-order valence-electron chi connectivity index (χ4n) is 1.67. The maximum Gasteiger partial charge on any atom is 0.334 e. The van der Waals surface area contributed by atoms with E-state index in [1.54, 1.807) is 5.38 Å². The molecule has 2 heterocycles. The zero-order valence-electron chi connectivity index (χ0n) is 9.92. The van der Waals surface area contributed by atoms with Gasteiger partial charge in [-0.15, -0.1) is 0 Å². The number of nitrogens with one attached hydrogen (secondary N) is 2. The van der Waals surface area contributed by atoms with Crippen LogP contribution < -0.4 is 10.2 Å². The van der Waals surface area contributed by atoms with Crippen molar-refractivity contribution >= 4 is 23.3 Å². The van der Waals surface area contributed by atoms with Crippen LogP contribution in [0.1, 0.15) is 5.69 Å². The molecule has 1 aromatic heterocycles. The van der Waals surface area contributed by atoms with Crippen LogP contribution in [0, 0.1) is 0 Å². The van der Waals surface area contributed by atoms with Gasteiger partial charge < -0.3 is 25.0 Å². The van der Waals surface area contributed by atoms with Crippen molar-refractivity contribution in [3.05, 3.63) is 20.7 Å². The predicted octanol–water partition coefficient (Wildman–Crippen LogP) is -0.569. The number of aromatic nitrogens is 1. The van der Waals surface area contributed by atoms with Gasteiger partial charge in [0.25, 0.3) is 0 Å². The van der Waals surface area contributed by atoms with E-state index in [4.69, 9.17) is 9.84 Å². The van der Waals surface area contributed by atoms with Crippen molar-refractivity contribution in [1.29, 1.82) is 0 Å². The number of rotatable bonds is 3. The quantitative estimate of drug-likeness (QED) is 0.689. The van der Waals surface area contributed by atoms with Crippen LogP contribution in [0.5, 0.6) is 0 Å². The van der Waals surface area contributed by atoms with Crippen molar-refractivity contribution in [1.82, 2.24) is 15.2 Å². The lowest BCUT2D eigenvalue weighted by Gasteiger charge is -2.30. The molecule has 0 bridgehead atoms. The first-order valence-corrected chi connectivity index (χ1v) is 6.48. The fourth-order valence-corrected chi connectivity index (χ4v) is 2.25. The number of carbonyl (C=O) groups excluding carboxylic acids is 1. The topological polar surface area (TPSA) is 112 Å². The molecule has 0 aliphatic carbocycles. The summed E-state index contributed by atoms with van der Waals surface area (Å²) in [7, 11) is 0. The smallest absolute Gasteiger partial charge is 0.334 e. The Morgan fingerprint density at radius 1 is 1.63 bits per heavy atom. The van der Waals surface area contributed by atoms with Crippen molar-refractivity contribution in [2.45, 2.75) is 12.6 Å². The van der Waals surface area contributed by atoms with E-state index >= 15 is 0 Å². The Morgan fingerprint density at radius 3 is 3.05 bits per heavy atom. The second-order valence-corrected chi connectivity index (χ2v) is 4.82. The Labute approximate surface area is 112 Å². The molecule has 3 N–H and O–H groups in total. The van der Waals surface area contributed by atoms with Crippen LogP contribution in [0.25, 0.3) is 0 Å². The van der Waals surface area contributed by atoms with Crippen LogP contribution in [0.2, 0.25) is 0 Å². The van der Waals surface area contributed by atoms with Gasteiger partial charge in [-0.2, -0.15) is 0 Å². The molecule has 104 valence electrons. The van der Waals surface area contributed by atoms with Crippen molar-refractivity contribution in [2.75, 3.05) is 19.7 Å². The molecule has 1 saturated heterocycles. The second-order valence-electron chi connectivity index (χ2n) is 3.98. The number of thiazole rings is 1. The number of amides is 2. The standard InChI is InChI=1S/C10H13N3O5S/c14-8(15)7-4-13(1-2-18-7)9(16)11-3-6-5-19-10(17)12-6/h5,7H,1-4H2,(H,11,16)(H,12,17)(H,14,15). The van der Waals surface area contributed by atoms with Gasteiger partial charge in [-0.25, -0.2) is 9.59 Å². The van der Waals surface area contributed by atoms with Gasteiger partial charge in [0.15, 0.2) is 6.10 Å². The molecular weight excluding hydrogens is 274 g/mol. The SMILES string of the molecule is O=C(O)C1CN(C(=O)NCc2csc(=O)[nH]2)CCO1. The molecule has 1 atom stereocenters. The number of morpholine rings is 1. The number of nitrogens with zero attached hydrogens (tertiary/aromatic N) is 1. The zero-order valence-corrected chi connectivity index (χ0v) is 10.7. The van der Waals surface area contributed by atoms with E-state index in [1.165, 1.54) is 4.90 Å². The second kappa shape index (κ2) is 5.85. The number of urea groups is 1. The van der Waals surface area contributed by atoms with Gasteiger partial charge in [-0.3, -0.25) is 4.79 Å². The lowest BCUT2D eigenvalue weighted by molar-refractivity contribution is -0.154. The number of carboxylic acids is 1. The molecule has 1 aliphatic rings. The number of carbonyl (C=O) groups is 2. The van der Waals surface area contributed by atoms with Crippen LogP contribution in [-0.4, -0.2) is 52.8 Å². The molecule has 0 aromatic carbocycles. The number of carboxylic acid groups (broad SMARTS) is 1. The van der Waals surface area contributed by atoms with E-state index in [-0.39, 0.29) is 30.6 Å². The van der Waals surface area contributed by atoms with E-state index in [0.717, 1.165) is 11.3 Å². The zero-order chi connectivity index (χ0) is 13.8. The first-order valence-electron chi connectivity index (χ1n) is 5.60. The Balaban J connectivity index is 1.85. The largest absolute Gasteiger partial charge is 0.479 e. The van der Waals surface area contributed by atoms with E-state index in [9.17, 15) is 14.4 Å². The number of aromatic amines is 1. The number of aliphatic carboxylic acids is 1. The molecule has 9 heteroatoms. The molecule has 1 aromatic rings. The van der Waals surface area contributed by atoms with Crippen LogP contribution in [-0.2, 0) is 16.1 Å². The Morgan fingerprint density at radius 2 is 2.42 bits per heavy atom. The normalized spacial score (nSPS) is 19.2. The summed E-state index contributed by atoms with van der Waals surface area (Å²) in [6.45, 7) is 0.753. The third kappa shape index (κ3) is 3.55. The third-order valence-electron chi connectivity index (χ3n) is 2.63. The van der Waals surface area contributed by atoms with E-state index in [2.05, 4.69) is 10.3 Å². The van der Waals surface area contributed by atoms with Gasteiger partial charge in [-0.05, 0) is 0 Å². The minimum atomic E-state index is -1.08. The molecule has 1 aliphatic heterocycles. The van der Waals surface area contributed by atoms with Crippen LogP contribution >= 0.6 is 11.3 Å². The maximum absolute atomic E-state index is 11.8. The van der Waals surface area contributed by atoms with Gasteiger partial charge >= 0.3 is 16.9 Å². The van der Waals surface area contributed by atoms with Gasteiger partial charge in [0, 0.05) is 17.6 Å². The fraction of sp³-hybridized carbons (Fsp3) is 0.500. The van der Waals surface area contributed by atoms with Crippen molar-refractivity contribution in [3.8, 4) is 0 Å². The van der Waals surface area contributed by atoms with Crippen molar-refractivity contribution in [2.24, 2.45) is 0 Å². The molecule has 0 spiro atoms. The van der Waals surface area contributed by atoms with Gasteiger partial charge in [-0.1, -0.05) is 11.3 Å². The number of hydrogen-bond acceptors (Lipinski definition) is 5. The molecule has 1 fully saturated rings. The van der Waals surface area contributed by atoms with Crippen LogP contribution in [0.4, 0.5) is 4.79 Å². The third-order valence-corrected chi connectivity index (χ3v) is 3.35. The maximum atomic E-state index is 11.8. The summed E-state index contributed by atoms with van der Waals surface area (Å²) in [6.07, 6.45) is -0.986. The molecule has 1 unspecified atom stereocenters. The minimum absolute atomic E-state index is 0.0152. The summed E-state index contributed by atoms with van der Waals surface area (Å²) in [5.74, 6) is -1.08.